The van der Waals surface area contributed by atoms with Crippen LogP contribution in [0.25, 0.3) is 11.0 Å². The van der Waals surface area contributed by atoms with Crippen LogP contribution in [0.15, 0.2) is 18.2 Å². The minimum Gasteiger partial charge on any atom is -0.330 e. The first-order valence-electron chi connectivity index (χ1n) is 6.66. The summed E-state index contributed by atoms with van der Waals surface area (Å²) in [5.41, 5.74) is 6.00. The number of nitrogens with zero attached hydrogens (tertiary/aromatic N) is 2. The lowest BCUT2D eigenvalue weighted by molar-refractivity contribution is -0.137. The molecule has 1 unspecified atom stereocenters. The largest absolute Gasteiger partial charge is 0.416 e. The number of benzene rings is 1. The average Bonchev–Trinajstić information content (AvgIpc) is 2.74. The molecule has 0 amide bonds. The van der Waals surface area contributed by atoms with Gasteiger partial charge in [-0.05, 0) is 38.1 Å². The highest BCUT2D eigenvalue weighted by Crippen LogP contribution is 2.32. The minimum atomic E-state index is -4.34. The summed E-state index contributed by atoms with van der Waals surface area (Å²) in [6, 6.07) is 3.89. The zero-order valence-corrected chi connectivity index (χ0v) is 11.5. The summed E-state index contributed by atoms with van der Waals surface area (Å²) >= 11 is 0. The lowest BCUT2D eigenvalue weighted by Gasteiger charge is -2.15. The highest BCUT2D eigenvalue weighted by atomic mass is 19.4. The Balaban J connectivity index is 2.61. The molecular weight excluding hydrogens is 267 g/mol. The molecule has 2 N–H and O–H groups in total. The van der Waals surface area contributed by atoms with E-state index in [9.17, 15) is 13.2 Å². The van der Waals surface area contributed by atoms with Gasteiger partial charge >= 0.3 is 6.18 Å². The van der Waals surface area contributed by atoms with Gasteiger partial charge in [0.25, 0.3) is 0 Å². The van der Waals surface area contributed by atoms with Crippen LogP contribution in [0.4, 0.5) is 13.2 Å². The third kappa shape index (κ3) is 2.65. The van der Waals surface area contributed by atoms with E-state index in [1.165, 1.54) is 6.07 Å². The smallest absolute Gasteiger partial charge is 0.330 e. The van der Waals surface area contributed by atoms with Crippen molar-refractivity contribution in [1.82, 2.24) is 9.55 Å². The fourth-order valence-corrected chi connectivity index (χ4v) is 2.30. The molecule has 1 atom stereocenters. The number of fused-ring (bicyclic) bond motifs is 1. The molecule has 20 heavy (non-hydrogen) atoms. The molecule has 0 aliphatic rings. The van der Waals surface area contributed by atoms with Gasteiger partial charge in [-0.15, -0.1) is 0 Å². The van der Waals surface area contributed by atoms with Crippen molar-refractivity contribution >= 4 is 11.0 Å². The monoisotopic (exact) mass is 285 g/mol. The van der Waals surface area contributed by atoms with Crippen molar-refractivity contribution in [3.63, 3.8) is 0 Å². The van der Waals surface area contributed by atoms with E-state index in [-0.39, 0.29) is 6.04 Å². The van der Waals surface area contributed by atoms with Gasteiger partial charge in [-0.1, -0.05) is 6.92 Å². The Morgan fingerprint density at radius 3 is 2.60 bits per heavy atom. The molecule has 6 heteroatoms. The number of hydrogen-bond donors (Lipinski definition) is 1. The molecule has 2 rings (SSSR count). The van der Waals surface area contributed by atoms with E-state index in [1.54, 1.807) is 0 Å². The van der Waals surface area contributed by atoms with Crippen LogP contribution >= 0.6 is 0 Å². The van der Waals surface area contributed by atoms with Crippen LogP contribution in [0.5, 0.6) is 0 Å². The molecule has 0 bridgehead atoms. The number of rotatable bonds is 4. The van der Waals surface area contributed by atoms with Gasteiger partial charge in [0.15, 0.2) is 0 Å². The molecular formula is C14H18F3N3. The van der Waals surface area contributed by atoms with Crippen molar-refractivity contribution in [3.8, 4) is 0 Å². The molecule has 0 saturated carbocycles. The third-order valence-electron chi connectivity index (χ3n) is 3.49. The number of imidazole rings is 1. The van der Waals surface area contributed by atoms with Crippen molar-refractivity contribution in [2.24, 2.45) is 5.73 Å². The van der Waals surface area contributed by atoms with E-state index in [2.05, 4.69) is 4.98 Å². The fourth-order valence-electron chi connectivity index (χ4n) is 2.30. The molecule has 1 aromatic carbocycles. The van der Waals surface area contributed by atoms with E-state index in [0.717, 1.165) is 29.9 Å². The Kier molecular flexibility index (Phi) is 4.04. The van der Waals surface area contributed by atoms with Crippen molar-refractivity contribution in [2.75, 3.05) is 6.54 Å². The van der Waals surface area contributed by atoms with E-state index in [0.29, 0.717) is 18.5 Å². The molecule has 1 aromatic heterocycles. The Morgan fingerprint density at radius 2 is 2.05 bits per heavy atom. The van der Waals surface area contributed by atoms with Gasteiger partial charge in [-0.2, -0.15) is 13.2 Å². The van der Waals surface area contributed by atoms with Crippen molar-refractivity contribution in [1.29, 1.82) is 0 Å². The Labute approximate surface area is 115 Å². The average molecular weight is 285 g/mol. The molecule has 0 fully saturated rings. The summed E-state index contributed by atoms with van der Waals surface area (Å²) in [6.07, 6.45) is -2.91. The maximum absolute atomic E-state index is 12.7. The summed E-state index contributed by atoms with van der Waals surface area (Å²) in [7, 11) is 0. The summed E-state index contributed by atoms with van der Waals surface area (Å²) in [5, 5.41) is 0. The molecule has 0 spiro atoms. The summed E-state index contributed by atoms with van der Waals surface area (Å²) in [4.78, 5) is 4.33. The second-order valence-electron chi connectivity index (χ2n) is 4.90. The van der Waals surface area contributed by atoms with Gasteiger partial charge in [0, 0.05) is 12.5 Å². The van der Waals surface area contributed by atoms with Gasteiger partial charge in [0.1, 0.15) is 5.82 Å². The summed E-state index contributed by atoms with van der Waals surface area (Å²) < 4.78 is 40.2. The topological polar surface area (TPSA) is 43.8 Å². The van der Waals surface area contributed by atoms with Gasteiger partial charge in [0.2, 0.25) is 0 Å². The minimum absolute atomic E-state index is 0.179. The Hall–Kier alpha value is -1.56. The van der Waals surface area contributed by atoms with E-state index in [4.69, 9.17) is 5.73 Å². The number of hydrogen-bond acceptors (Lipinski definition) is 2. The number of nitrogens with two attached hydrogens (primary N) is 1. The molecule has 3 nitrogen and oxygen atoms in total. The lowest BCUT2D eigenvalue weighted by atomic mass is 10.2. The van der Waals surface area contributed by atoms with Gasteiger partial charge in [-0.3, -0.25) is 0 Å². The lowest BCUT2D eigenvalue weighted by Crippen LogP contribution is -2.12. The third-order valence-corrected chi connectivity index (χ3v) is 3.49. The zero-order chi connectivity index (χ0) is 14.9. The Bertz CT molecular complexity index is 601. The standard InChI is InChI=1S/C14H18F3N3/c1-3-9(2)20-12-5-4-10(14(15,16)17)8-11(12)19-13(20)6-7-18/h4-5,8-9H,3,6-7,18H2,1-2H3. The quantitative estimate of drug-likeness (QED) is 0.934. The van der Waals surface area contributed by atoms with Crippen molar-refractivity contribution < 1.29 is 13.2 Å². The molecule has 1 heterocycles. The molecule has 0 aliphatic heterocycles. The molecule has 110 valence electrons. The first kappa shape index (κ1) is 14.8. The first-order valence-corrected chi connectivity index (χ1v) is 6.66. The fraction of sp³-hybridized carbons (Fsp3) is 0.500. The van der Waals surface area contributed by atoms with E-state index in [1.807, 2.05) is 18.4 Å². The van der Waals surface area contributed by atoms with Gasteiger partial charge in [0.05, 0.1) is 16.6 Å². The highest BCUT2D eigenvalue weighted by molar-refractivity contribution is 5.77. The highest BCUT2D eigenvalue weighted by Gasteiger charge is 2.31. The molecule has 0 aliphatic carbocycles. The zero-order valence-electron chi connectivity index (χ0n) is 11.5. The number of halogens is 3. The maximum atomic E-state index is 12.7. The number of alkyl halides is 3. The molecule has 0 saturated heterocycles. The maximum Gasteiger partial charge on any atom is 0.416 e. The predicted molar refractivity (Wildman–Crippen MR) is 72.5 cm³/mol. The van der Waals surface area contributed by atoms with Crippen LogP contribution in [-0.2, 0) is 12.6 Å². The van der Waals surface area contributed by atoms with E-state index >= 15 is 0 Å². The van der Waals surface area contributed by atoms with Crippen LogP contribution in [0.3, 0.4) is 0 Å². The number of aromatic nitrogens is 2. The van der Waals surface area contributed by atoms with Crippen LogP contribution in [0.1, 0.15) is 37.7 Å². The summed E-state index contributed by atoms with van der Waals surface area (Å²) in [5.74, 6) is 0.746. The van der Waals surface area contributed by atoms with Crippen LogP contribution in [0, 0.1) is 0 Å². The Morgan fingerprint density at radius 1 is 1.35 bits per heavy atom. The first-order chi connectivity index (χ1) is 9.38. The van der Waals surface area contributed by atoms with E-state index < -0.39 is 11.7 Å². The van der Waals surface area contributed by atoms with Crippen LogP contribution < -0.4 is 5.73 Å². The predicted octanol–water partition coefficient (Wildman–Crippen LogP) is 3.53. The molecule has 2 aromatic rings. The van der Waals surface area contributed by atoms with Crippen LogP contribution in [0.2, 0.25) is 0 Å². The van der Waals surface area contributed by atoms with Crippen LogP contribution in [-0.4, -0.2) is 16.1 Å². The van der Waals surface area contributed by atoms with Gasteiger partial charge < -0.3 is 10.3 Å². The second kappa shape index (κ2) is 5.44. The summed E-state index contributed by atoms with van der Waals surface area (Å²) in [6.45, 7) is 4.48. The van der Waals surface area contributed by atoms with Crippen molar-refractivity contribution in [2.45, 2.75) is 38.9 Å². The SMILES string of the molecule is CCC(C)n1c(CCN)nc2cc(C(F)(F)F)ccc21. The van der Waals surface area contributed by atoms with Crippen molar-refractivity contribution in [3.05, 3.63) is 29.6 Å². The van der Waals surface area contributed by atoms with Gasteiger partial charge in [-0.25, -0.2) is 4.98 Å². The second-order valence-corrected chi connectivity index (χ2v) is 4.90. The molecule has 0 radical (unpaired) electrons. The normalized spacial score (nSPS) is 13.9.